The van der Waals surface area contributed by atoms with Gasteiger partial charge in [0.25, 0.3) is 0 Å². The van der Waals surface area contributed by atoms with Crippen LogP contribution in [0, 0.1) is 0 Å². The van der Waals surface area contributed by atoms with E-state index in [0.29, 0.717) is 5.69 Å². The first-order chi connectivity index (χ1) is 17.1. The van der Waals surface area contributed by atoms with Gasteiger partial charge >= 0.3 is 11.9 Å². The highest BCUT2D eigenvalue weighted by atomic mass is 16.4. The third-order valence-corrected chi connectivity index (χ3v) is 5.26. The Labute approximate surface area is 206 Å². The Bertz CT molecular complexity index is 1040. The molecular weight excluding hydrogens is 472 g/mol. The maximum Gasteiger partial charge on any atom is 0.325 e. The van der Waals surface area contributed by atoms with E-state index >= 15 is 0 Å². The summed E-state index contributed by atoms with van der Waals surface area (Å²) in [6, 6.07) is 4.30. The molecule has 3 amide bonds. The molecule has 0 bridgehead atoms. The number of amides is 3. The maximum absolute atomic E-state index is 13.1. The number of rotatable bonds is 14. The van der Waals surface area contributed by atoms with Crippen molar-refractivity contribution >= 4 is 29.7 Å². The van der Waals surface area contributed by atoms with Gasteiger partial charge in [-0.1, -0.05) is 30.3 Å². The summed E-state index contributed by atoms with van der Waals surface area (Å²) in [5, 5.41) is 25.3. The summed E-state index contributed by atoms with van der Waals surface area (Å²) < 4.78 is 0. The van der Waals surface area contributed by atoms with Crippen molar-refractivity contribution in [2.24, 2.45) is 5.73 Å². The van der Waals surface area contributed by atoms with Crippen LogP contribution in [0.15, 0.2) is 42.9 Å². The van der Waals surface area contributed by atoms with E-state index < -0.39 is 60.2 Å². The van der Waals surface area contributed by atoms with Gasteiger partial charge < -0.3 is 36.9 Å². The second kappa shape index (κ2) is 13.6. The van der Waals surface area contributed by atoms with E-state index in [1.54, 1.807) is 0 Å². The van der Waals surface area contributed by atoms with Crippen molar-refractivity contribution in [3.05, 3.63) is 54.1 Å². The third kappa shape index (κ3) is 9.18. The van der Waals surface area contributed by atoms with E-state index in [9.17, 15) is 24.0 Å². The van der Waals surface area contributed by atoms with Crippen LogP contribution in [0.1, 0.15) is 31.0 Å². The average Bonchev–Trinajstić information content (AvgIpc) is 3.34. The fourth-order valence-electron chi connectivity index (χ4n) is 3.25. The zero-order valence-corrected chi connectivity index (χ0v) is 19.6. The smallest absolute Gasteiger partial charge is 0.325 e. The van der Waals surface area contributed by atoms with E-state index in [1.165, 1.54) is 19.4 Å². The lowest BCUT2D eigenvalue weighted by molar-refractivity contribution is -0.142. The topological polar surface area (TPSA) is 217 Å². The highest BCUT2D eigenvalue weighted by Gasteiger charge is 2.30. The van der Waals surface area contributed by atoms with Crippen molar-refractivity contribution in [3.8, 4) is 0 Å². The van der Waals surface area contributed by atoms with Gasteiger partial charge in [0.1, 0.15) is 18.1 Å². The number of imidazole rings is 1. The molecule has 0 aliphatic carbocycles. The number of aromatic amines is 1. The van der Waals surface area contributed by atoms with Crippen molar-refractivity contribution in [1.82, 2.24) is 25.9 Å². The minimum absolute atomic E-state index is 0.0194. The van der Waals surface area contributed by atoms with Crippen LogP contribution in [0.2, 0.25) is 0 Å². The molecule has 4 atom stereocenters. The predicted molar refractivity (Wildman–Crippen MR) is 126 cm³/mol. The van der Waals surface area contributed by atoms with Crippen LogP contribution in [0.25, 0.3) is 0 Å². The molecule has 2 rings (SSSR count). The number of benzene rings is 1. The number of hydrogen-bond donors (Lipinski definition) is 7. The van der Waals surface area contributed by atoms with Gasteiger partial charge in [-0.25, -0.2) is 4.98 Å². The minimum Gasteiger partial charge on any atom is -0.481 e. The number of nitrogens with one attached hydrogen (secondary N) is 4. The number of carboxylic acids is 2. The molecule has 0 spiro atoms. The Morgan fingerprint density at radius 2 is 1.58 bits per heavy atom. The summed E-state index contributed by atoms with van der Waals surface area (Å²) >= 11 is 0. The van der Waals surface area contributed by atoms with Crippen LogP contribution in [0.5, 0.6) is 0 Å². The molecule has 4 unspecified atom stereocenters. The molecular formula is C23H30N6O7. The molecule has 1 aromatic heterocycles. The summed E-state index contributed by atoms with van der Waals surface area (Å²) in [5.74, 6) is -4.76. The first kappa shape index (κ1) is 28.0. The average molecular weight is 503 g/mol. The van der Waals surface area contributed by atoms with Crippen LogP contribution < -0.4 is 21.7 Å². The van der Waals surface area contributed by atoms with E-state index in [4.69, 9.17) is 15.9 Å². The van der Waals surface area contributed by atoms with Crippen LogP contribution in [0.4, 0.5) is 0 Å². The van der Waals surface area contributed by atoms with E-state index in [0.717, 1.165) is 5.56 Å². The minimum atomic E-state index is -1.35. The Hall–Kier alpha value is -4.26. The zero-order valence-electron chi connectivity index (χ0n) is 19.6. The molecule has 1 heterocycles. The first-order valence-corrected chi connectivity index (χ1v) is 11.2. The van der Waals surface area contributed by atoms with Gasteiger partial charge in [-0.05, 0) is 25.3 Å². The zero-order chi connectivity index (χ0) is 26.7. The lowest BCUT2D eigenvalue weighted by Gasteiger charge is -2.24. The summed E-state index contributed by atoms with van der Waals surface area (Å²) in [6.07, 6.45) is 2.30. The number of H-pyrrole nitrogens is 1. The molecule has 36 heavy (non-hydrogen) atoms. The SMILES string of the molecule is CC(NC(=O)C(CCC(=O)O)NC(=O)C(Cc1cnc[nH]1)NC(=O)C(N)Cc1ccccc1)C(=O)O. The fourth-order valence-corrected chi connectivity index (χ4v) is 3.25. The number of carbonyl (C=O) groups is 5. The maximum atomic E-state index is 13.1. The summed E-state index contributed by atoms with van der Waals surface area (Å²) in [7, 11) is 0. The largest absolute Gasteiger partial charge is 0.481 e. The lowest BCUT2D eigenvalue weighted by Crippen LogP contribution is -2.57. The number of nitrogens with zero attached hydrogens (tertiary/aromatic N) is 1. The Kier molecular flexibility index (Phi) is 10.6. The fraction of sp³-hybridized carbons (Fsp3) is 0.391. The lowest BCUT2D eigenvalue weighted by atomic mass is 10.0. The van der Waals surface area contributed by atoms with E-state index in [2.05, 4.69) is 25.9 Å². The Balaban J connectivity index is 2.15. The molecule has 13 heteroatoms. The molecule has 8 N–H and O–H groups in total. The van der Waals surface area contributed by atoms with E-state index in [1.807, 2.05) is 30.3 Å². The molecule has 13 nitrogen and oxygen atoms in total. The van der Waals surface area contributed by atoms with Crippen molar-refractivity contribution in [2.75, 3.05) is 0 Å². The summed E-state index contributed by atoms with van der Waals surface area (Å²) in [6.45, 7) is 1.23. The van der Waals surface area contributed by atoms with Crippen molar-refractivity contribution in [3.63, 3.8) is 0 Å². The van der Waals surface area contributed by atoms with Gasteiger partial charge in [0, 0.05) is 24.7 Å². The summed E-state index contributed by atoms with van der Waals surface area (Å²) in [5.41, 5.74) is 7.37. The van der Waals surface area contributed by atoms with Gasteiger partial charge in [0.05, 0.1) is 12.4 Å². The Morgan fingerprint density at radius 3 is 2.17 bits per heavy atom. The standard InChI is InChI=1S/C23H30N6O7/c1-13(23(35)36)27-21(33)17(7-8-19(30)31)28-22(34)18(10-15-11-25-12-26-15)29-20(32)16(24)9-14-5-3-2-4-6-14/h2-6,11-13,16-18H,7-10,24H2,1H3,(H,25,26)(H,27,33)(H,28,34)(H,29,32)(H,30,31)(H,35,36). The van der Waals surface area contributed by atoms with Crippen molar-refractivity contribution in [1.29, 1.82) is 0 Å². The molecule has 0 saturated heterocycles. The van der Waals surface area contributed by atoms with E-state index in [-0.39, 0.29) is 19.3 Å². The van der Waals surface area contributed by atoms with Crippen LogP contribution >= 0.6 is 0 Å². The number of carbonyl (C=O) groups excluding carboxylic acids is 3. The number of hydrogen-bond acceptors (Lipinski definition) is 7. The molecule has 1 aromatic carbocycles. The molecule has 0 aliphatic rings. The van der Waals surface area contributed by atoms with Gasteiger partial charge in [0.15, 0.2) is 0 Å². The van der Waals surface area contributed by atoms with Gasteiger partial charge in [-0.2, -0.15) is 0 Å². The number of aliphatic carboxylic acids is 2. The molecule has 0 fully saturated rings. The quantitative estimate of drug-likeness (QED) is 0.167. The van der Waals surface area contributed by atoms with Gasteiger partial charge in [0.2, 0.25) is 17.7 Å². The van der Waals surface area contributed by atoms with Crippen molar-refractivity contribution in [2.45, 2.75) is 56.8 Å². The van der Waals surface area contributed by atoms with Crippen LogP contribution in [-0.2, 0) is 36.8 Å². The normalized spacial score (nSPS) is 14.1. The second-order valence-electron chi connectivity index (χ2n) is 8.20. The molecule has 0 aliphatic heterocycles. The third-order valence-electron chi connectivity index (χ3n) is 5.26. The second-order valence-corrected chi connectivity index (χ2v) is 8.20. The van der Waals surface area contributed by atoms with Gasteiger partial charge in [-0.15, -0.1) is 0 Å². The molecule has 0 radical (unpaired) electrons. The number of aromatic nitrogens is 2. The van der Waals surface area contributed by atoms with Crippen molar-refractivity contribution < 1.29 is 34.2 Å². The summed E-state index contributed by atoms with van der Waals surface area (Å²) in [4.78, 5) is 67.3. The number of carboxylic acid groups (broad SMARTS) is 2. The molecule has 2 aromatic rings. The first-order valence-electron chi connectivity index (χ1n) is 11.2. The molecule has 0 saturated carbocycles. The van der Waals surface area contributed by atoms with Crippen LogP contribution in [0.3, 0.4) is 0 Å². The monoisotopic (exact) mass is 502 g/mol. The number of nitrogens with two attached hydrogens (primary N) is 1. The molecule has 194 valence electrons. The van der Waals surface area contributed by atoms with Crippen LogP contribution in [-0.4, -0.2) is 74.0 Å². The van der Waals surface area contributed by atoms with Gasteiger partial charge in [-0.3, -0.25) is 24.0 Å². The predicted octanol–water partition coefficient (Wildman–Crippen LogP) is -1.05. The highest BCUT2D eigenvalue weighted by molar-refractivity contribution is 5.94. The Morgan fingerprint density at radius 1 is 0.944 bits per heavy atom. The highest BCUT2D eigenvalue weighted by Crippen LogP contribution is 2.06.